The van der Waals surface area contributed by atoms with Crippen LogP contribution in [0.1, 0.15) is 19.8 Å². The summed E-state index contributed by atoms with van der Waals surface area (Å²) >= 11 is 0. The number of carbonyl (C=O) groups excluding carboxylic acids is 2. The van der Waals surface area contributed by atoms with Crippen molar-refractivity contribution in [3.63, 3.8) is 0 Å². The van der Waals surface area contributed by atoms with E-state index in [2.05, 4.69) is 10.6 Å². The molecule has 3 atom stereocenters. The second kappa shape index (κ2) is 8.55. The summed E-state index contributed by atoms with van der Waals surface area (Å²) in [5, 5.41) is 23.1. The minimum absolute atomic E-state index is 0.0341. The Labute approximate surface area is 118 Å². The van der Waals surface area contributed by atoms with Crippen molar-refractivity contribution < 1.29 is 24.5 Å². The van der Waals surface area contributed by atoms with Gasteiger partial charge in [-0.1, -0.05) is 0 Å². The van der Waals surface area contributed by atoms with Crippen molar-refractivity contribution in [2.75, 3.05) is 19.8 Å². The Hall–Kier alpha value is -1.60. The summed E-state index contributed by atoms with van der Waals surface area (Å²) in [6.07, 6.45) is 3.60. The average molecular weight is 286 g/mol. The monoisotopic (exact) mass is 286 g/mol. The van der Waals surface area contributed by atoms with Gasteiger partial charge in [0, 0.05) is 31.2 Å². The highest BCUT2D eigenvalue weighted by Crippen LogP contribution is 2.30. The lowest BCUT2D eigenvalue weighted by Gasteiger charge is -2.18. The Bertz CT molecular complexity index is 359. The Morgan fingerprint density at radius 3 is 2.65 bits per heavy atom. The maximum atomic E-state index is 11.6. The van der Waals surface area contributed by atoms with E-state index in [9.17, 15) is 14.7 Å². The largest absolute Gasteiger partial charge is 0.501 e. The van der Waals surface area contributed by atoms with Crippen molar-refractivity contribution in [2.24, 2.45) is 11.8 Å². The zero-order chi connectivity index (χ0) is 15.0. The van der Waals surface area contributed by atoms with Gasteiger partial charge in [-0.2, -0.15) is 0 Å². The van der Waals surface area contributed by atoms with Gasteiger partial charge in [0.15, 0.2) is 0 Å². The quantitative estimate of drug-likeness (QED) is 0.397. The molecule has 1 saturated carbocycles. The lowest BCUT2D eigenvalue weighted by molar-refractivity contribution is -0.115. The minimum atomic E-state index is -0.613. The Morgan fingerprint density at radius 1 is 1.30 bits per heavy atom. The lowest BCUT2D eigenvalue weighted by atomic mass is 10.0. The Morgan fingerprint density at radius 2 is 2.05 bits per heavy atom. The van der Waals surface area contributed by atoms with Crippen molar-refractivity contribution in [3.8, 4) is 0 Å². The summed E-state index contributed by atoms with van der Waals surface area (Å²) in [6, 6.07) is -0.848. The minimum Gasteiger partial charge on any atom is -0.501 e. The van der Waals surface area contributed by atoms with Crippen LogP contribution >= 0.6 is 0 Å². The fourth-order valence-corrected chi connectivity index (χ4v) is 2.33. The van der Waals surface area contributed by atoms with Gasteiger partial charge in [-0.15, -0.1) is 0 Å². The summed E-state index contributed by atoms with van der Waals surface area (Å²) in [6.45, 7) is 2.20. The van der Waals surface area contributed by atoms with Crippen LogP contribution in [0.5, 0.6) is 0 Å². The van der Waals surface area contributed by atoms with Gasteiger partial charge in [-0.05, 0) is 25.7 Å². The van der Waals surface area contributed by atoms with E-state index in [1.807, 2.05) is 0 Å². The normalized spacial score (nSPS) is 25.6. The van der Waals surface area contributed by atoms with E-state index in [4.69, 9.17) is 9.84 Å². The molecule has 0 spiro atoms. The van der Waals surface area contributed by atoms with Crippen LogP contribution in [0.4, 0.5) is 4.79 Å². The van der Waals surface area contributed by atoms with E-state index in [-0.39, 0.29) is 31.1 Å². The van der Waals surface area contributed by atoms with Gasteiger partial charge in [0.1, 0.15) is 0 Å². The van der Waals surface area contributed by atoms with Gasteiger partial charge in [-0.25, -0.2) is 4.79 Å². The summed E-state index contributed by atoms with van der Waals surface area (Å²) in [7, 11) is 0. The molecule has 0 saturated heterocycles. The summed E-state index contributed by atoms with van der Waals surface area (Å²) in [5.74, 6) is -0.592. The molecular formula is C13H22N2O5. The van der Waals surface area contributed by atoms with Gasteiger partial charge in [-0.3, -0.25) is 10.1 Å². The first kappa shape index (κ1) is 16.5. The highest BCUT2D eigenvalue weighted by Gasteiger charge is 2.34. The topological polar surface area (TPSA) is 108 Å². The van der Waals surface area contributed by atoms with Crippen LogP contribution in [-0.2, 0) is 9.53 Å². The second-order valence-electron chi connectivity index (χ2n) is 4.79. The molecule has 1 aliphatic carbocycles. The lowest BCUT2D eigenvalue weighted by Crippen LogP contribution is -2.46. The maximum Gasteiger partial charge on any atom is 0.321 e. The molecule has 20 heavy (non-hydrogen) atoms. The van der Waals surface area contributed by atoms with E-state index in [1.54, 1.807) is 6.92 Å². The number of rotatable bonds is 6. The third-order valence-corrected chi connectivity index (χ3v) is 3.32. The number of aliphatic hydroxyl groups excluding tert-OH is 2. The average Bonchev–Trinajstić information content (AvgIpc) is 2.81. The molecule has 0 aromatic carbocycles. The van der Waals surface area contributed by atoms with E-state index < -0.39 is 11.9 Å². The number of hydrogen-bond acceptors (Lipinski definition) is 5. The molecule has 0 radical (unpaired) electrons. The number of ether oxygens (including phenoxy) is 1. The van der Waals surface area contributed by atoms with E-state index in [1.165, 1.54) is 6.26 Å². The number of carbonyl (C=O) groups is 2. The molecule has 7 heteroatoms. The fraction of sp³-hybridized carbons (Fsp3) is 0.692. The molecule has 0 heterocycles. The first-order valence-electron chi connectivity index (χ1n) is 6.72. The second-order valence-corrected chi connectivity index (χ2v) is 4.79. The summed E-state index contributed by atoms with van der Waals surface area (Å²) in [4.78, 5) is 23.0. The van der Waals surface area contributed by atoms with Gasteiger partial charge in [0.05, 0.1) is 12.9 Å². The predicted octanol–water partition coefficient (Wildman–Crippen LogP) is -0.258. The van der Waals surface area contributed by atoms with Crippen LogP contribution in [-0.4, -0.2) is 48.0 Å². The molecule has 0 unspecified atom stereocenters. The van der Waals surface area contributed by atoms with Crippen molar-refractivity contribution in [1.29, 1.82) is 0 Å². The zero-order valence-electron chi connectivity index (χ0n) is 11.5. The highest BCUT2D eigenvalue weighted by molar-refractivity contribution is 6.00. The fourth-order valence-electron chi connectivity index (χ4n) is 2.33. The van der Waals surface area contributed by atoms with Gasteiger partial charge >= 0.3 is 6.03 Å². The van der Waals surface area contributed by atoms with Gasteiger partial charge in [0.2, 0.25) is 0 Å². The van der Waals surface area contributed by atoms with E-state index >= 15 is 0 Å². The molecule has 0 aromatic rings. The van der Waals surface area contributed by atoms with Crippen molar-refractivity contribution in [2.45, 2.75) is 25.8 Å². The van der Waals surface area contributed by atoms with Crippen LogP contribution in [0.25, 0.3) is 0 Å². The number of amides is 3. The Kier molecular flexibility index (Phi) is 7.03. The molecule has 1 rings (SSSR count). The molecule has 1 fully saturated rings. The van der Waals surface area contributed by atoms with Crippen LogP contribution in [0.3, 0.4) is 0 Å². The predicted molar refractivity (Wildman–Crippen MR) is 71.6 cm³/mol. The van der Waals surface area contributed by atoms with E-state index in [0.29, 0.717) is 19.4 Å². The van der Waals surface area contributed by atoms with E-state index in [0.717, 1.165) is 6.08 Å². The van der Waals surface area contributed by atoms with Crippen molar-refractivity contribution in [3.05, 3.63) is 12.3 Å². The molecule has 0 aromatic heterocycles. The number of aliphatic hydroxyl groups is 2. The molecule has 7 nitrogen and oxygen atoms in total. The Balaban J connectivity index is 2.39. The molecule has 0 aliphatic heterocycles. The highest BCUT2D eigenvalue weighted by atomic mass is 16.5. The summed E-state index contributed by atoms with van der Waals surface area (Å²) in [5.41, 5.74) is 0. The SMILES string of the molecule is CCO/C=C/C(=O)NC(=O)N[C@@H]1C[C@H](CO)C[C@H]1CO. The van der Waals surface area contributed by atoms with Crippen LogP contribution in [0.2, 0.25) is 0 Å². The number of nitrogens with one attached hydrogen (secondary N) is 2. The molecule has 3 amide bonds. The van der Waals surface area contributed by atoms with Crippen LogP contribution in [0.15, 0.2) is 12.3 Å². The molecular weight excluding hydrogens is 264 g/mol. The third kappa shape index (κ3) is 5.18. The van der Waals surface area contributed by atoms with Crippen molar-refractivity contribution in [1.82, 2.24) is 10.6 Å². The van der Waals surface area contributed by atoms with Gasteiger partial charge < -0.3 is 20.3 Å². The molecule has 1 aliphatic rings. The maximum absolute atomic E-state index is 11.6. The van der Waals surface area contributed by atoms with Crippen LogP contribution in [0, 0.1) is 11.8 Å². The van der Waals surface area contributed by atoms with Crippen molar-refractivity contribution >= 4 is 11.9 Å². The molecule has 4 N–H and O–H groups in total. The summed E-state index contributed by atoms with van der Waals surface area (Å²) < 4.78 is 4.85. The number of imide groups is 1. The molecule has 0 bridgehead atoms. The first-order chi connectivity index (χ1) is 9.60. The van der Waals surface area contributed by atoms with Gasteiger partial charge in [0.25, 0.3) is 5.91 Å². The number of urea groups is 1. The first-order valence-corrected chi connectivity index (χ1v) is 6.72. The third-order valence-electron chi connectivity index (χ3n) is 3.32. The standard InChI is InChI=1S/C13H22N2O5/c1-2-20-4-3-12(18)15-13(19)14-11-6-9(7-16)5-10(11)8-17/h3-4,9-11,16-17H,2,5-8H2,1H3,(H2,14,15,18,19)/b4-3+/t9-,10+,11-/m1/s1. The zero-order valence-corrected chi connectivity index (χ0v) is 11.5. The smallest absolute Gasteiger partial charge is 0.321 e. The molecule has 114 valence electrons. The van der Waals surface area contributed by atoms with Crippen LogP contribution < -0.4 is 10.6 Å². The number of hydrogen-bond donors (Lipinski definition) is 4.